The van der Waals surface area contributed by atoms with Crippen molar-refractivity contribution in [3.8, 4) is 23.3 Å². The summed E-state index contributed by atoms with van der Waals surface area (Å²) < 4.78 is 16.2. The third kappa shape index (κ3) is 5.81. The molecule has 0 amide bonds. The van der Waals surface area contributed by atoms with E-state index in [-0.39, 0.29) is 5.41 Å². The van der Waals surface area contributed by atoms with Crippen LogP contribution in [0.1, 0.15) is 47.8 Å². The van der Waals surface area contributed by atoms with Gasteiger partial charge in [-0.05, 0) is 70.6 Å². The van der Waals surface area contributed by atoms with E-state index in [4.69, 9.17) is 14.2 Å². The van der Waals surface area contributed by atoms with Crippen LogP contribution in [0.25, 0.3) is 11.6 Å². The maximum atomic E-state index is 12.6. The zero-order valence-electron chi connectivity index (χ0n) is 19.5. The summed E-state index contributed by atoms with van der Waals surface area (Å²) in [5, 5.41) is 9.70. The molecule has 0 heterocycles. The number of carbonyl (C=O) groups is 1. The lowest BCUT2D eigenvalue weighted by Gasteiger charge is -2.18. The van der Waals surface area contributed by atoms with Gasteiger partial charge >= 0.3 is 5.97 Å². The molecule has 3 rings (SSSR count). The van der Waals surface area contributed by atoms with E-state index in [0.717, 1.165) is 11.1 Å². The molecule has 3 aromatic carbocycles. The monoisotopic (exact) mass is 441 g/mol. The molecule has 0 spiro atoms. The van der Waals surface area contributed by atoms with E-state index in [2.05, 4.69) is 26.8 Å². The Bertz CT molecular complexity index is 1210. The molecular formula is C28H27NO4. The van der Waals surface area contributed by atoms with Crippen molar-refractivity contribution < 1.29 is 19.0 Å². The lowest BCUT2D eigenvalue weighted by molar-refractivity contribution is 0.0734. The molecule has 0 saturated carbocycles. The second-order valence-electron chi connectivity index (χ2n) is 8.53. The Morgan fingerprint density at radius 3 is 2.15 bits per heavy atom. The van der Waals surface area contributed by atoms with Crippen LogP contribution >= 0.6 is 0 Å². The molecule has 0 fully saturated rings. The van der Waals surface area contributed by atoms with Crippen LogP contribution in [0, 0.1) is 11.3 Å². The Morgan fingerprint density at radius 2 is 1.55 bits per heavy atom. The highest BCUT2D eigenvalue weighted by Crippen LogP contribution is 2.31. The molecule has 5 heteroatoms. The molecule has 0 aliphatic carbocycles. The molecule has 0 bridgehead atoms. The van der Waals surface area contributed by atoms with Gasteiger partial charge in [-0.25, -0.2) is 4.79 Å². The van der Waals surface area contributed by atoms with Gasteiger partial charge in [0.05, 0.1) is 31.4 Å². The van der Waals surface area contributed by atoms with Gasteiger partial charge in [-0.15, -0.1) is 0 Å². The quantitative estimate of drug-likeness (QED) is 0.195. The van der Waals surface area contributed by atoms with Crippen LogP contribution in [-0.4, -0.2) is 20.2 Å². The molecule has 5 nitrogen and oxygen atoms in total. The standard InChI is InChI=1S/C28H27NO4/c1-28(2,3)23-12-9-20(10-13-23)27(30)33-24-8-6-7-19(16-24)15-22(18-29)21-11-14-25(31-4)26(17-21)32-5/h6-17H,1-5H3/b22-15-. The lowest BCUT2D eigenvalue weighted by Crippen LogP contribution is -2.12. The fourth-order valence-corrected chi connectivity index (χ4v) is 3.29. The van der Waals surface area contributed by atoms with E-state index < -0.39 is 5.97 Å². The normalized spacial score (nSPS) is 11.5. The van der Waals surface area contributed by atoms with Crippen LogP contribution in [0.3, 0.4) is 0 Å². The molecule has 0 unspecified atom stereocenters. The summed E-state index contributed by atoms with van der Waals surface area (Å²) in [6.07, 6.45) is 1.73. The number of ether oxygens (including phenoxy) is 3. The summed E-state index contributed by atoms with van der Waals surface area (Å²) in [5.74, 6) is 1.09. The van der Waals surface area contributed by atoms with Crippen LogP contribution in [0.15, 0.2) is 66.7 Å². The molecule has 0 aliphatic rings. The van der Waals surface area contributed by atoms with E-state index in [1.54, 1.807) is 68.8 Å². The summed E-state index contributed by atoms with van der Waals surface area (Å²) in [6.45, 7) is 6.37. The van der Waals surface area contributed by atoms with Crippen molar-refractivity contribution in [1.29, 1.82) is 5.26 Å². The summed E-state index contributed by atoms with van der Waals surface area (Å²) in [6, 6.07) is 22.0. The summed E-state index contributed by atoms with van der Waals surface area (Å²) >= 11 is 0. The maximum absolute atomic E-state index is 12.6. The third-order valence-electron chi connectivity index (χ3n) is 5.18. The number of allylic oxidation sites excluding steroid dienone is 1. The lowest BCUT2D eigenvalue weighted by atomic mass is 9.87. The molecule has 0 aliphatic heterocycles. The fraction of sp³-hybridized carbons (Fsp3) is 0.214. The number of hydrogen-bond donors (Lipinski definition) is 0. The summed E-state index contributed by atoms with van der Waals surface area (Å²) in [7, 11) is 3.11. The number of carbonyl (C=O) groups excluding carboxylic acids is 1. The number of rotatable bonds is 6. The Balaban J connectivity index is 1.82. The van der Waals surface area contributed by atoms with Crippen molar-refractivity contribution >= 4 is 17.6 Å². The zero-order chi connectivity index (χ0) is 24.0. The number of nitriles is 1. The Labute approximate surface area is 194 Å². The molecule has 33 heavy (non-hydrogen) atoms. The van der Waals surface area contributed by atoms with Crippen molar-refractivity contribution in [3.63, 3.8) is 0 Å². The van der Waals surface area contributed by atoms with Gasteiger partial charge in [-0.3, -0.25) is 0 Å². The number of methoxy groups -OCH3 is 2. The Morgan fingerprint density at radius 1 is 0.879 bits per heavy atom. The summed E-state index contributed by atoms with van der Waals surface area (Å²) in [5.41, 5.74) is 3.50. The molecule has 0 radical (unpaired) electrons. The van der Waals surface area contributed by atoms with Crippen molar-refractivity contribution in [1.82, 2.24) is 0 Å². The third-order valence-corrected chi connectivity index (χ3v) is 5.18. The van der Waals surface area contributed by atoms with Crippen molar-refractivity contribution in [2.75, 3.05) is 14.2 Å². The largest absolute Gasteiger partial charge is 0.493 e. The van der Waals surface area contributed by atoms with E-state index in [0.29, 0.717) is 33.9 Å². The van der Waals surface area contributed by atoms with Crippen LogP contribution in [0.2, 0.25) is 0 Å². The van der Waals surface area contributed by atoms with E-state index >= 15 is 0 Å². The van der Waals surface area contributed by atoms with Crippen LogP contribution < -0.4 is 14.2 Å². The molecule has 0 atom stereocenters. The average Bonchev–Trinajstić information content (AvgIpc) is 2.81. The topological polar surface area (TPSA) is 68.5 Å². The molecule has 0 aromatic heterocycles. The average molecular weight is 442 g/mol. The highest BCUT2D eigenvalue weighted by Gasteiger charge is 2.15. The van der Waals surface area contributed by atoms with Crippen LogP contribution in [0.5, 0.6) is 17.2 Å². The fourth-order valence-electron chi connectivity index (χ4n) is 3.29. The minimum atomic E-state index is -0.433. The van der Waals surface area contributed by atoms with Crippen molar-refractivity contribution in [3.05, 3.63) is 89.0 Å². The van der Waals surface area contributed by atoms with Crippen molar-refractivity contribution in [2.45, 2.75) is 26.2 Å². The second kappa shape index (κ2) is 10.1. The second-order valence-corrected chi connectivity index (χ2v) is 8.53. The first-order chi connectivity index (χ1) is 15.7. The molecule has 168 valence electrons. The number of esters is 1. The van der Waals surface area contributed by atoms with E-state index in [1.807, 2.05) is 18.2 Å². The Kier molecular flexibility index (Phi) is 7.20. The van der Waals surface area contributed by atoms with E-state index in [1.165, 1.54) is 0 Å². The number of benzene rings is 3. The summed E-state index contributed by atoms with van der Waals surface area (Å²) in [4.78, 5) is 12.6. The van der Waals surface area contributed by atoms with Gasteiger partial charge in [0.25, 0.3) is 0 Å². The van der Waals surface area contributed by atoms with Crippen LogP contribution in [0.4, 0.5) is 0 Å². The van der Waals surface area contributed by atoms with Crippen molar-refractivity contribution in [2.24, 2.45) is 0 Å². The first-order valence-corrected chi connectivity index (χ1v) is 10.5. The van der Waals surface area contributed by atoms with Gasteiger partial charge in [-0.2, -0.15) is 5.26 Å². The van der Waals surface area contributed by atoms with Gasteiger partial charge in [0.1, 0.15) is 5.75 Å². The van der Waals surface area contributed by atoms with Gasteiger partial charge in [-0.1, -0.05) is 45.0 Å². The number of hydrogen-bond acceptors (Lipinski definition) is 5. The van der Waals surface area contributed by atoms with Gasteiger partial charge in [0, 0.05) is 0 Å². The maximum Gasteiger partial charge on any atom is 0.343 e. The molecular weight excluding hydrogens is 414 g/mol. The minimum absolute atomic E-state index is 0.00938. The minimum Gasteiger partial charge on any atom is -0.493 e. The molecule has 0 saturated heterocycles. The first-order valence-electron chi connectivity index (χ1n) is 10.5. The predicted octanol–water partition coefficient (Wildman–Crippen LogP) is 6.28. The van der Waals surface area contributed by atoms with Gasteiger partial charge in [0.2, 0.25) is 0 Å². The Hall–Kier alpha value is -4.04. The number of nitrogens with zero attached hydrogens (tertiary/aromatic N) is 1. The SMILES string of the molecule is COc1ccc(/C(C#N)=C\c2cccc(OC(=O)c3ccc(C(C)(C)C)cc3)c2)cc1OC. The first kappa shape index (κ1) is 23.6. The highest BCUT2D eigenvalue weighted by atomic mass is 16.5. The van der Waals surface area contributed by atoms with Gasteiger partial charge in [0.15, 0.2) is 11.5 Å². The molecule has 0 N–H and O–H groups in total. The van der Waals surface area contributed by atoms with Gasteiger partial charge < -0.3 is 14.2 Å². The zero-order valence-corrected chi connectivity index (χ0v) is 19.5. The highest BCUT2D eigenvalue weighted by molar-refractivity contribution is 5.92. The van der Waals surface area contributed by atoms with E-state index in [9.17, 15) is 10.1 Å². The molecule has 3 aromatic rings. The smallest absolute Gasteiger partial charge is 0.343 e. The predicted molar refractivity (Wildman–Crippen MR) is 130 cm³/mol. The van der Waals surface area contributed by atoms with Crippen LogP contribution in [-0.2, 0) is 5.41 Å².